The Hall–Kier alpha value is -2.43. The number of halogens is 2. The molecule has 152 valence electrons. The van der Waals surface area contributed by atoms with Crippen LogP contribution in [0.25, 0.3) is 6.08 Å². The molecule has 0 aliphatic heterocycles. The Morgan fingerprint density at radius 2 is 1.83 bits per heavy atom. The minimum Gasteiger partial charge on any atom is -0.497 e. The fourth-order valence-corrected chi connectivity index (χ4v) is 3.28. The Morgan fingerprint density at radius 3 is 2.48 bits per heavy atom. The van der Waals surface area contributed by atoms with Crippen molar-refractivity contribution in [1.82, 2.24) is 16.2 Å². The molecule has 0 aromatic heterocycles. The van der Waals surface area contributed by atoms with Crippen LogP contribution in [0.15, 0.2) is 57.5 Å². The Bertz CT molecular complexity index is 920. The summed E-state index contributed by atoms with van der Waals surface area (Å²) in [6.07, 6.45) is 2.95. The van der Waals surface area contributed by atoms with Crippen LogP contribution in [-0.4, -0.2) is 30.6 Å². The maximum absolute atomic E-state index is 11.9. The summed E-state index contributed by atoms with van der Waals surface area (Å²) in [5, 5.41) is 2.37. The SMILES string of the molecule is COc1ccc(/C=C/C(=O)NC(=S)NNC(=O)COc2ccc(Br)cc2Br)cc1. The summed E-state index contributed by atoms with van der Waals surface area (Å²) in [6.45, 7) is -0.235. The van der Waals surface area contributed by atoms with Crippen LogP contribution in [0.5, 0.6) is 11.5 Å². The average Bonchev–Trinajstić information content (AvgIpc) is 2.70. The first kappa shape index (κ1) is 22.9. The molecule has 7 nitrogen and oxygen atoms in total. The summed E-state index contributed by atoms with van der Waals surface area (Å²) >= 11 is 11.6. The van der Waals surface area contributed by atoms with Gasteiger partial charge in [-0.3, -0.25) is 25.8 Å². The van der Waals surface area contributed by atoms with Crippen molar-refractivity contribution < 1.29 is 19.1 Å². The molecule has 10 heteroatoms. The molecule has 2 amide bonds. The number of hydrogen-bond donors (Lipinski definition) is 3. The number of amides is 2. The van der Waals surface area contributed by atoms with Gasteiger partial charge in [-0.05, 0) is 70.1 Å². The van der Waals surface area contributed by atoms with E-state index >= 15 is 0 Å². The summed E-state index contributed by atoms with van der Waals surface area (Å²) in [4.78, 5) is 23.7. The fourth-order valence-electron chi connectivity index (χ4n) is 1.97. The van der Waals surface area contributed by atoms with Gasteiger partial charge in [-0.1, -0.05) is 28.1 Å². The van der Waals surface area contributed by atoms with Gasteiger partial charge in [-0.2, -0.15) is 0 Å². The molecule has 0 radical (unpaired) electrons. The van der Waals surface area contributed by atoms with E-state index in [9.17, 15) is 9.59 Å². The quantitative estimate of drug-likeness (QED) is 0.295. The number of thiocarbonyl (C=S) groups is 1. The van der Waals surface area contributed by atoms with Gasteiger partial charge in [-0.15, -0.1) is 0 Å². The zero-order valence-electron chi connectivity index (χ0n) is 15.2. The minimum atomic E-state index is -0.467. The molecule has 2 aromatic carbocycles. The van der Waals surface area contributed by atoms with Gasteiger partial charge in [0.25, 0.3) is 5.91 Å². The van der Waals surface area contributed by atoms with Gasteiger partial charge >= 0.3 is 0 Å². The van der Waals surface area contributed by atoms with E-state index < -0.39 is 11.8 Å². The lowest BCUT2D eigenvalue weighted by Gasteiger charge is -2.11. The molecule has 0 fully saturated rings. The first-order valence-corrected chi connectivity index (χ1v) is 10.2. The fraction of sp³-hybridized carbons (Fsp3) is 0.105. The van der Waals surface area contributed by atoms with Crippen molar-refractivity contribution in [3.63, 3.8) is 0 Å². The molecule has 0 saturated heterocycles. The van der Waals surface area contributed by atoms with Gasteiger partial charge in [0.15, 0.2) is 11.7 Å². The Labute approximate surface area is 190 Å². The largest absolute Gasteiger partial charge is 0.497 e. The van der Waals surface area contributed by atoms with Crippen molar-refractivity contribution in [2.24, 2.45) is 0 Å². The molecule has 0 atom stereocenters. The van der Waals surface area contributed by atoms with E-state index in [1.807, 2.05) is 12.1 Å². The maximum atomic E-state index is 11.9. The smallest absolute Gasteiger partial charge is 0.276 e. The van der Waals surface area contributed by atoms with Crippen molar-refractivity contribution in [3.8, 4) is 11.5 Å². The lowest BCUT2D eigenvalue weighted by atomic mass is 10.2. The number of methoxy groups -OCH3 is 1. The first-order chi connectivity index (χ1) is 13.9. The predicted molar refractivity (Wildman–Crippen MR) is 121 cm³/mol. The monoisotopic (exact) mass is 541 g/mol. The van der Waals surface area contributed by atoms with Crippen LogP contribution >= 0.6 is 44.1 Å². The van der Waals surface area contributed by atoms with E-state index in [2.05, 4.69) is 48.0 Å². The van der Waals surface area contributed by atoms with Crippen molar-refractivity contribution >= 4 is 67.1 Å². The Morgan fingerprint density at radius 1 is 1.10 bits per heavy atom. The molecule has 0 unspecified atom stereocenters. The van der Waals surface area contributed by atoms with Crippen molar-refractivity contribution in [3.05, 3.63) is 63.0 Å². The molecular weight excluding hydrogens is 526 g/mol. The normalized spacial score (nSPS) is 10.3. The second kappa shape index (κ2) is 11.5. The van der Waals surface area contributed by atoms with Crippen LogP contribution in [0.4, 0.5) is 0 Å². The van der Waals surface area contributed by atoms with Crippen molar-refractivity contribution in [2.75, 3.05) is 13.7 Å². The molecule has 0 heterocycles. The van der Waals surface area contributed by atoms with E-state index in [0.717, 1.165) is 15.8 Å². The van der Waals surface area contributed by atoms with Gasteiger partial charge in [0, 0.05) is 10.5 Å². The zero-order valence-corrected chi connectivity index (χ0v) is 19.2. The summed E-state index contributed by atoms with van der Waals surface area (Å²) in [5.74, 6) is 0.333. The molecular formula is C19H17Br2N3O4S. The Kier molecular flexibility index (Phi) is 9.10. The van der Waals surface area contributed by atoms with Crippen molar-refractivity contribution in [2.45, 2.75) is 0 Å². The van der Waals surface area contributed by atoms with Crippen LogP contribution in [0.2, 0.25) is 0 Å². The third-order valence-corrected chi connectivity index (χ3v) is 4.66. The zero-order chi connectivity index (χ0) is 21.2. The highest BCUT2D eigenvalue weighted by molar-refractivity contribution is 9.11. The molecule has 0 bridgehead atoms. The average molecular weight is 543 g/mol. The van der Waals surface area contributed by atoms with Gasteiger partial charge in [0.1, 0.15) is 11.5 Å². The molecule has 2 rings (SSSR count). The summed E-state index contributed by atoms with van der Waals surface area (Å²) < 4.78 is 12.1. The van der Waals surface area contributed by atoms with Crippen LogP contribution in [0, 0.1) is 0 Å². The van der Waals surface area contributed by atoms with Crippen LogP contribution in [0.1, 0.15) is 5.56 Å². The molecule has 0 spiro atoms. The first-order valence-electron chi connectivity index (χ1n) is 8.17. The topological polar surface area (TPSA) is 88.7 Å². The highest BCUT2D eigenvalue weighted by atomic mass is 79.9. The highest BCUT2D eigenvalue weighted by Gasteiger charge is 2.07. The number of carbonyl (C=O) groups excluding carboxylic acids is 2. The van der Waals surface area contributed by atoms with Gasteiger partial charge in [0.2, 0.25) is 5.91 Å². The van der Waals surface area contributed by atoms with E-state index in [1.165, 1.54) is 6.08 Å². The number of hydrogen-bond acceptors (Lipinski definition) is 5. The minimum absolute atomic E-state index is 0.0486. The summed E-state index contributed by atoms with van der Waals surface area (Å²) in [7, 11) is 1.58. The van der Waals surface area contributed by atoms with Gasteiger partial charge in [-0.25, -0.2) is 0 Å². The number of ether oxygens (including phenoxy) is 2. The third kappa shape index (κ3) is 8.22. The van der Waals surface area contributed by atoms with Crippen molar-refractivity contribution in [1.29, 1.82) is 0 Å². The second-order valence-corrected chi connectivity index (χ2v) is 7.64. The number of benzene rings is 2. The van der Waals surface area contributed by atoms with E-state index in [-0.39, 0.29) is 11.7 Å². The highest BCUT2D eigenvalue weighted by Crippen LogP contribution is 2.28. The lowest BCUT2D eigenvalue weighted by Crippen LogP contribution is -2.49. The number of rotatable bonds is 6. The Balaban J connectivity index is 1.71. The van der Waals surface area contributed by atoms with Gasteiger partial charge in [0.05, 0.1) is 11.6 Å². The van der Waals surface area contributed by atoms with Crippen LogP contribution in [-0.2, 0) is 9.59 Å². The number of nitrogens with one attached hydrogen (secondary N) is 3. The van der Waals surface area contributed by atoms with Crippen LogP contribution < -0.4 is 25.6 Å². The summed E-state index contributed by atoms with van der Waals surface area (Å²) in [6, 6.07) is 12.5. The standard InChI is InChI=1S/C19H17Br2N3O4S/c1-27-14-6-2-12(3-7-14)4-9-17(25)22-19(29)24-23-18(26)11-28-16-8-5-13(20)10-15(16)21/h2-10H,11H2,1H3,(H,23,26)(H2,22,24,25,29)/b9-4+. The molecule has 3 N–H and O–H groups in total. The van der Waals surface area contributed by atoms with E-state index in [0.29, 0.717) is 10.2 Å². The molecule has 0 saturated carbocycles. The molecule has 0 aliphatic rings. The molecule has 29 heavy (non-hydrogen) atoms. The van der Waals surface area contributed by atoms with E-state index in [1.54, 1.807) is 43.5 Å². The van der Waals surface area contributed by atoms with Crippen LogP contribution in [0.3, 0.4) is 0 Å². The number of hydrazine groups is 1. The predicted octanol–water partition coefficient (Wildman–Crippen LogP) is 3.33. The molecule has 0 aliphatic carbocycles. The summed E-state index contributed by atoms with van der Waals surface area (Å²) in [5.41, 5.74) is 5.60. The number of carbonyl (C=O) groups is 2. The lowest BCUT2D eigenvalue weighted by molar-refractivity contribution is -0.123. The van der Waals surface area contributed by atoms with Gasteiger partial charge < -0.3 is 9.47 Å². The molecule has 2 aromatic rings. The maximum Gasteiger partial charge on any atom is 0.276 e. The third-order valence-electron chi connectivity index (χ3n) is 3.35. The van der Waals surface area contributed by atoms with E-state index in [4.69, 9.17) is 21.7 Å². The second-order valence-electron chi connectivity index (χ2n) is 5.46.